The molecule has 0 aromatic carbocycles. The monoisotopic (exact) mass is 213 g/mol. The van der Waals surface area contributed by atoms with Crippen molar-refractivity contribution in [3.05, 3.63) is 11.8 Å². The molecule has 1 aliphatic heterocycles. The maximum Gasteiger partial charge on any atom is 0.333 e. The Bertz CT molecular complexity index is 346. The fourth-order valence-corrected chi connectivity index (χ4v) is 1.42. The summed E-state index contributed by atoms with van der Waals surface area (Å²) in [5.74, 6) is -2.80. The fraction of sp³-hybridized carbons (Fsp3) is 0.444. The Kier molecular flexibility index (Phi) is 3.08. The molecule has 0 spiro atoms. The zero-order chi connectivity index (χ0) is 11.6. The Labute approximate surface area is 85.8 Å². The van der Waals surface area contributed by atoms with Crippen LogP contribution in [-0.4, -0.2) is 39.0 Å². The molecule has 0 aromatic rings. The quantitative estimate of drug-likeness (QED) is 0.688. The average molecular weight is 213 g/mol. The van der Waals surface area contributed by atoms with Gasteiger partial charge in [0.05, 0.1) is 12.0 Å². The van der Waals surface area contributed by atoms with Crippen molar-refractivity contribution in [3.8, 4) is 0 Å². The molecule has 0 aliphatic carbocycles. The molecule has 82 valence electrons. The zero-order valence-electron chi connectivity index (χ0n) is 8.14. The molecule has 0 saturated carbocycles. The van der Waals surface area contributed by atoms with Crippen LogP contribution in [0, 0.1) is 0 Å². The summed E-state index contributed by atoms with van der Waals surface area (Å²) in [6, 6.07) is -0.977. The fourth-order valence-electron chi connectivity index (χ4n) is 1.42. The van der Waals surface area contributed by atoms with Crippen LogP contribution in [0.3, 0.4) is 0 Å². The van der Waals surface area contributed by atoms with Gasteiger partial charge in [-0.05, 0) is 6.42 Å². The van der Waals surface area contributed by atoms with Crippen LogP contribution in [0.1, 0.15) is 19.8 Å². The van der Waals surface area contributed by atoms with Crippen molar-refractivity contribution in [2.45, 2.75) is 25.8 Å². The van der Waals surface area contributed by atoms with Crippen LogP contribution in [0.5, 0.6) is 0 Å². The number of rotatable bonds is 4. The first-order chi connectivity index (χ1) is 6.97. The van der Waals surface area contributed by atoms with Crippen LogP contribution >= 0.6 is 0 Å². The normalized spacial score (nSPS) is 17.5. The van der Waals surface area contributed by atoms with Gasteiger partial charge in [-0.3, -0.25) is 4.79 Å². The van der Waals surface area contributed by atoms with E-state index in [1.54, 1.807) is 6.92 Å². The minimum atomic E-state index is -1.19. The van der Waals surface area contributed by atoms with Gasteiger partial charge in [-0.25, -0.2) is 9.59 Å². The highest BCUT2D eigenvalue weighted by molar-refractivity contribution is 5.99. The Morgan fingerprint density at radius 2 is 2.13 bits per heavy atom. The van der Waals surface area contributed by atoms with Crippen molar-refractivity contribution in [3.63, 3.8) is 0 Å². The summed E-state index contributed by atoms with van der Waals surface area (Å²) in [6.07, 6.45) is 1.11. The number of nitrogens with zero attached hydrogens (tertiary/aromatic N) is 1. The number of hydrogen-bond donors (Lipinski definition) is 2. The summed E-state index contributed by atoms with van der Waals surface area (Å²) in [7, 11) is 0. The Balaban J connectivity index is 2.91. The molecule has 15 heavy (non-hydrogen) atoms. The molecular formula is C9H11NO5. The van der Waals surface area contributed by atoms with Crippen molar-refractivity contribution in [2.75, 3.05) is 0 Å². The molecule has 1 amide bonds. The smallest absolute Gasteiger partial charge is 0.333 e. The van der Waals surface area contributed by atoms with E-state index in [4.69, 9.17) is 10.2 Å². The molecule has 2 N–H and O–H groups in total. The number of amides is 1. The molecule has 6 heteroatoms. The van der Waals surface area contributed by atoms with Crippen LogP contribution in [0.25, 0.3) is 0 Å². The molecule has 0 bridgehead atoms. The van der Waals surface area contributed by atoms with E-state index in [2.05, 4.69) is 0 Å². The van der Waals surface area contributed by atoms with Gasteiger partial charge in [0.25, 0.3) is 0 Å². The summed E-state index contributed by atoms with van der Waals surface area (Å²) in [4.78, 5) is 33.7. The highest BCUT2D eigenvalue weighted by Crippen LogP contribution is 2.20. The van der Waals surface area contributed by atoms with Crippen molar-refractivity contribution in [1.29, 1.82) is 0 Å². The summed E-state index contributed by atoms with van der Waals surface area (Å²) >= 11 is 0. The van der Waals surface area contributed by atoms with Gasteiger partial charge in [0.15, 0.2) is 0 Å². The second kappa shape index (κ2) is 4.12. The van der Waals surface area contributed by atoms with Crippen molar-refractivity contribution in [2.24, 2.45) is 0 Å². The van der Waals surface area contributed by atoms with E-state index in [9.17, 15) is 14.4 Å². The largest absolute Gasteiger partial charge is 0.480 e. The van der Waals surface area contributed by atoms with E-state index < -0.39 is 23.9 Å². The molecule has 1 unspecified atom stereocenters. The van der Waals surface area contributed by atoms with Gasteiger partial charge in [-0.2, -0.15) is 0 Å². The molecule has 0 saturated heterocycles. The lowest BCUT2D eigenvalue weighted by Gasteiger charge is -2.20. The number of hydrogen-bond acceptors (Lipinski definition) is 3. The number of aliphatic carboxylic acids is 2. The zero-order valence-corrected chi connectivity index (χ0v) is 8.14. The lowest BCUT2D eigenvalue weighted by atomic mass is 10.2. The highest BCUT2D eigenvalue weighted by atomic mass is 16.4. The number of carboxylic acid groups (broad SMARTS) is 2. The summed E-state index contributed by atoms with van der Waals surface area (Å²) in [5, 5.41) is 17.5. The lowest BCUT2D eigenvalue weighted by molar-refractivity contribution is -0.147. The van der Waals surface area contributed by atoms with E-state index in [1.165, 1.54) is 0 Å². The first-order valence-corrected chi connectivity index (χ1v) is 4.45. The van der Waals surface area contributed by atoms with Gasteiger partial charge in [0, 0.05) is 6.20 Å². The van der Waals surface area contributed by atoms with Crippen LogP contribution in [0.2, 0.25) is 0 Å². The molecule has 0 fully saturated rings. The third kappa shape index (κ3) is 2.15. The molecule has 1 atom stereocenters. The van der Waals surface area contributed by atoms with E-state index in [0.717, 1.165) is 11.1 Å². The number of carbonyl (C=O) groups is 3. The summed E-state index contributed by atoms with van der Waals surface area (Å²) < 4.78 is 0. The van der Waals surface area contributed by atoms with Gasteiger partial charge in [-0.15, -0.1) is 0 Å². The van der Waals surface area contributed by atoms with Gasteiger partial charge in [0.1, 0.15) is 6.04 Å². The minimum absolute atomic E-state index is 0.0697. The van der Waals surface area contributed by atoms with Crippen LogP contribution < -0.4 is 0 Å². The molecular weight excluding hydrogens is 202 g/mol. The summed E-state index contributed by atoms with van der Waals surface area (Å²) in [6.45, 7) is 1.62. The molecule has 6 nitrogen and oxygen atoms in total. The molecule has 0 radical (unpaired) electrons. The standard InChI is InChI=1S/C9H11NO5/c1-2-6(9(14)15)10-4-5(8(12)13)3-7(10)11/h4,6H,2-3H2,1H3,(H,12,13)(H,14,15). The first kappa shape index (κ1) is 11.2. The van der Waals surface area contributed by atoms with Crippen molar-refractivity contribution >= 4 is 17.8 Å². The molecule has 0 aromatic heterocycles. The predicted octanol–water partition coefficient (Wildman–Crippen LogP) is 0.0504. The maximum atomic E-state index is 11.3. The lowest BCUT2D eigenvalue weighted by Crippen LogP contribution is -2.38. The third-order valence-corrected chi connectivity index (χ3v) is 2.21. The maximum absolute atomic E-state index is 11.3. The highest BCUT2D eigenvalue weighted by Gasteiger charge is 2.33. The van der Waals surface area contributed by atoms with Crippen LogP contribution in [0.4, 0.5) is 0 Å². The van der Waals surface area contributed by atoms with Crippen LogP contribution in [-0.2, 0) is 14.4 Å². The summed E-state index contributed by atoms with van der Waals surface area (Å²) in [5.41, 5.74) is -0.0697. The SMILES string of the molecule is CCC(C(=O)O)N1C=C(C(=O)O)CC1=O. The Morgan fingerprint density at radius 3 is 2.47 bits per heavy atom. The Hall–Kier alpha value is -1.85. The van der Waals surface area contributed by atoms with Crippen LogP contribution in [0.15, 0.2) is 11.8 Å². The van der Waals surface area contributed by atoms with Crippen molar-refractivity contribution in [1.82, 2.24) is 4.90 Å². The second-order valence-corrected chi connectivity index (χ2v) is 3.20. The van der Waals surface area contributed by atoms with Crippen molar-refractivity contribution < 1.29 is 24.6 Å². The van der Waals surface area contributed by atoms with Gasteiger partial charge >= 0.3 is 11.9 Å². The van der Waals surface area contributed by atoms with E-state index in [1.807, 2.05) is 0 Å². The van der Waals surface area contributed by atoms with Gasteiger partial charge in [0.2, 0.25) is 5.91 Å². The average Bonchev–Trinajstić information content (AvgIpc) is 2.49. The third-order valence-electron chi connectivity index (χ3n) is 2.21. The molecule has 1 aliphatic rings. The Morgan fingerprint density at radius 1 is 1.53 bits per heavy atom. The molecule has 1 rings (SSSR count). The minimum Gasteiger partial charge on any atom is -0.480 e. The molecule has 1 heterocycles. The van der Waals surface area contributed by atoms with Gasteiger partial charge in [-0.1, -0.05) is 6.92 Å². The second-order valence-electron chi connectivity index (χ2n) is 3.20. The van der Waals surface area contributed by atoms with E-state index >= 15 is 0 Å². The van der Waals surface area contributed by atoms with Gasteiger partial charge < -0.3 is 15.1 Å². The van der Waals surface area contributed by atoms with E-state index in [-0.39, 0.29) is 18.4 Å². The van der Waals surface area contributed by atoms with E-state index in [0.29, 0.717) is 0 Å². The first-order valence-electron chi connectivity index (χ1n) is 4.45. The number of carboxylic acids is 2. The predicted molar refractivity (Wildman–Crippen MR) is 48.9 cm³/mol. The number of carbonyl (C=O) groups excluding carboxylic acids is 1. The topological polar surface area (TPSA) is 94.9 Å².